The minimum absolute atomic E-state index is 0.0915. The number of carbonyl (C=O) groups excluding carboxylic acids is 2. The summed E-state index contributed by atoms with van der Waals surface area (Å²) in [6, 6.07) is 3.21. The fraction of sp³-hybridized carbons (Fsp3) is 0.556. The number of amides is 2. The lowest BCUT2D eigenvalue weighted by molar-refractivity contribution is -0.124. The van der Waals surface area contributed by atoms with E-state index in [1.165, 1.54) is 6.26 Å². The normalized spacial score (nSPS) is 27.5. The van der Waals surface area contributed by atoms with E-state index in [-0.39, 0.29) is 29.2 Å². The van der Waals surface area contributed by atoms with Gasteiger partial charge in [0.25, 0.3) is 5.91 Å². The second-order valence-corrected chi connectivity index (χ2v) is 7.62. The van der Waals surface area contributed by atoms with E-state index in [1.54, 1.807) is 18.5 Å². The van der Waals surface area contributed by atoms with E-state index in [0.29, 0.717) is 18.8 Å². The largest absolute Gasteiger partial charge is 0.459 e. The Morgan fingerprint density at radius 3 is 2.88 bits per heavy atom. The maximum Gasteiger partial charge on any atom is 0.289 e. The minimum atomic E-state index is -0.207. The molecule has 0 aromatic carbocycles. The Labute approximate surface area is 150 Å². The number of nitrogens with zero attached hydrogens (tertiary/aromatic N) is 4. The zero-order valence-corrected chi connectivity index (χ0v) is 14.4. The molecule has 1 saturated carbocycles. The maximum absolute atomic E-state index is 12.7. The molecule has 2 aromatic rings. The molecule has 0 unspecified atom stereocenters. The first-order valence-electron chi connectivity index (χ1n) is 9.17. The lowest BCUT2D eigenvalue weighted by atomic mass is 9.74. The third-order valence-corrected chi connectivity index (χ3v) is 5.98. The smallest absolute Gasteiger partial charge is 0.289 e. The van der Waals surface area contributed by atoms with Gasteiger partial charge in [0.15, 0.2) is 5.76 Å². The summed E-state index contributed by atoms with van der Waals surface area (Å²) in [6.45, 7) is 2.01. The number of aryl methyl sites for hydroxylation is 1. The van der Waals surface area contributed by atoms with Gasteiger partial charge in [-0.25, -0.2) is 9.67 Å². The average molecular weight is 355 g/mol. The zero-order chi connectivity index (χ0) is 17.7. The van der Waals surface area contributed by atoms with Crippen LogP contribution in [0.3, 0.4) is 0 Å². The fourth-order valence-electron chi connectivity index (χ4n) is 4.30. The Kier molecular flexibility index (Phi) is 3.41. The van der Waals surface area contributed by atoms with Crippen LogP contribution in [0.4, 0.5) is 0 Å². The van der Waals surface area contributed by atoms with Gasteiger partial charge in [0, 0.05) is 31.0 Å². The second kappa shape index (κ2) is 5.69. The van der Waals surface area contributed by atoms with Gasteiger partial charge in [0.1, 0.15) is 12.2 Å². The summed E-state index contributed by atoms with van der Waals surface area (Å²) in [7, 11) is 0. The molecule has 4 heterocycles. The molecule has 1 saturated heterocycles. The van der Waals surface area contributed by atoms with Gasteiger partial charge in [0.05, 0.1) is 12.3 Å². The van der Waals surface area contributed by atoms with E-state index in [2.05, 4.69) is 15.4 Å². The van der Waals surface area contributed by atoms with Gasteiger partial charge in [-0.15, -0.1) is 0 Å². The van der Waals surface area contributed by atoms with E-state index in [1.807, 2.05) is 9.58 Å². The molecule has 136 valence electrons. The van der Waals surface area contributed by atoms with Gasteiger partial charge in [-0.05, 0) is 37.8 Å². The lowest BCUT2D eigenvalue weighted by Gasteiger charge is -2.40. The monoisotopic (exact) mass is 355 g/mol. The first kappa shape index (κ1) is 15.6. The first-order valence-corrected chi connectivity index (χ1v) is 9.17. The molecule has 2 atom stereocenters. The van der Waals surface area contributed by atoms with Crippen molar-refractivity contribution in [3.05, 3.63) is 36.3 Å². The van der Waals surface area contributed by atoms with Crippen LogP contribution in [0.25, 0.3) is 0 Å². The lowest BCUT2D eigenvalue weighted by Crippen LogP contribution is -2.48. The number of rotatable bonds is 3. The molecule has 8 heteroatoms. The SMILES string of the molecule is O=C(N[C@H]1c2ncnn2CC[C@@]12CCN(C(=O)c1ccco1)C2)C1CC1. The average Bonchev–Trinajstić information content (AvgIpc) is 3.07. The Bertz CT molecular complexity index is 841. The summed E-state index contributed by atoms with van der Waals surface area (Å²) in [5.41, 5.74) is -0.199. The van der Waals surface area contributed by atoms with Crippen molar-refractivity contribution in [2.24, 2.45) is 11.3 Å². The third kappa shape index (κ3) is 2.43. The fourth-order valence-corrected chi connectivity index (χ4v) is 4.30. The zero-order valence-electron chi connectivity index (χ0n) is 14.4. The van der Waals surface area contributed by atoms with Crippen molar-refractivity contribution in [3.8, 4) is 0 Å². The summed E-state index contributed by atoms with van der Waals surface area (Å²) in [6.07, 6.45) is 6.68. The molecule has 1 N–H and O–H groups in total. The molecule has 0 radical (unpaired) electrons. The van der Waals surface area contributed by atoms with E-state index in [0.717, 1.165) is 38.1 Å². The summed E-state index contributed by atoms with van der Waals surface area (Å²) >= 11 is 0. The highest BCUT2D eigenvalue weighted by Gasteiger charge is 2.51. The van der Waals surface area contributed by atoms with Crippen LogP contribution in [0.5, 0.6) is 0 Å². The number of furan rings is 1. The maximum atomic E-state index is 12.7. The Morgan fingerprint density at radius 2 is 2.12 bits per heavy atom. The van der Waals surface area contributed by atoms with Crippen LogP contribution < -0.4 is 5.32 Å². The van der Waals surface area contributed by atoms with Gasteiger partial charge in [-0.3, -0.25) is 9.59 Å². The number of nitrogens with one attached hydrogen (secondary N) is 1. The quantitative estimate of drug-likeness (QED) is 0.898. The number of aromatic nitrogens is 3. The van der Waals surface area contributed by atoms with Crippen LogP contribution in [0, 0.1) is 11.3 Å². The number of hydrogen-bond donors (Lipinski definition) is 1. The summed E-state index contributed by atoms with van der Waals surface area (Å²) in [4.78, 5) is 31.4. The van der Waals surface area contributed by atoms with Gasteiger partial charge in [-0.2, -0.15) is 5.10 Å². The molecule has 2 aliphatic heterocycles. The molecule has 5 rings (SSSR count). The molecule has 2 aromatic heterocycles. The Balaban J connectivity index is 1.42. The van der Waals surface area contributed by atoms with Crippen LogP contribution in [-0.2, 0) is 11.3 Å². The van der Waals surface area contributed by atoms with Crippen LogP contribution in [0.2, 0.25) is 0 Å². The second-order valence-electron chi connectivity index (χ2n) is 7.62. The van der Waals surface area contributed by atoms with Crippen molar-refractivity contribution in [2.75, 3.05) is 13.1 Å². The van der Waals surface area contributed by atoms with Crippen molar-refractivity contribution in [2.45, 2.75) is 38.3 Å². The molecule has 8 nitrogen and oxygen atoms in total. The van der Waals surface area contributed by atoms with Crippen LogP contribution in [-0.4, -0.2) is 44.6 Å². The molecule has 26 heavy (non-hydrogen) atoms. The van der Waals surface area contributed by atoms with Crippen LogP contribution in [0.1, 0.15) is 48.1 Å². The first-order chi connectivity index (χ1) is 12.7. The molecular formula is C18H21N5O3. The molecule has 2 amide bonds. The van der Waals surface area contributed by atoms with Crippen molar-refractivity contribution in [3.63, 3.8) is 0 Å². The number of fused-ring (bicyclic) bond motifs is 1. The molecule has 1 spiro atoms. The van der Waals surface area contributed by atoms with Crippen molar-refractivity contribution < 1.29 is 14.0 Å². The molecule has 1 aliphatic carbocycles. The van der Waals surface area contributed by atoms with Crippen LogP contribution in [0.15, 0.2) is 29.1 Å². The van der Waals surface area contributed by atoms with Crippen molar-refractivity contribution in [1.82, 2.24) is 25.0 Å². The van der Waals surface area contributed by atoms with Gasteiger partial charge in [0.2, 0.25) is 5.91 Å². The van der Waals surface area contributed by atoms with Crippen molar-refractivity contribution in [1.29, 1.82) is 0 Å². The molecule has 2 fully saturated rings. The number of carbonyl (C=O) groups is 2. The van der Waals surface area contributed by atoms with Crippen molar-refractivity contribution >= 4 is 11.8 Å². The standard InChI is InChI=1S/C18H21N5O3/c24-16(12-3-4-12)21-14-15-19-11-20-23(15)8-6-18(14)5-7-22(10-18)17(25)13-2-1-9-26-13/h1-2,9,11-12,14H,3-8,10H2,(H,21,24)/t14-,18+/m0/s1. The van der Waals surface area contributed by atoms with E-state index in [9.17, 15) is 9.59 Å². The number of likely N-dealkylation sites (tertiary alicyclic amines) is 1. The summed E-state index contributed by atoms with van der Waals surface area (Å²) in [5.74, 6) is 1.30. The topological polar surface area (TPSA) is 93.3 Å². The highest BCUT2D eigenvalue weighted by Crippen LogP contribution is 2.48. The highest BCUT2D eigenvalue weighted by molar-refractivity contribution is 5.91. The summed E-state index contributed by atoms with van der Waals surface area (Å²) < 4.78 is 7.15. The number of hydrogen-bond acceptors (Lipinski definition) is 5. The van der Waals surface area contributed by atoms with Gasteiger partial charge in [-0.1, -0.05) is 0 Å². The van der Waals surface area contributed by atoms with E-state index < -0.39 is 0 Å². The minimum Gasteiger partial charge on any atom is -0.459 e. The predicted octanol–water partition coefficient (Wildman–Crippen LogP) is 1.37. The van der Waals surface area contributed by atoms with Gasteiger partial charge >= 0.3 is 0 Å². The van der Waals surface area contributed by atoms with Crippen LogP contribution >= 0.6 is 0 Å². The summed E-state index contributed by atoms with van der Waals surface area (Å²) in [5, 5.41) is 7.51. The highest BCUT2D eigenvalue weighted by atomic mass is 16.3. The van der Waals surface area contributed by atoms with E-state index >= 15 is 0 Å². The Morgan fingerprint density at radius 1 is 1.27 bits per heavy atom. The Hall–Kier alpha value is -2.64. The molecule has 0 bridgehead atoms. The molecular weight excluding hydrogens is 334 g/mol. The molecule has 3 aliphatic rings. The predicted molar refractivity (Wildman–Crippen MR) is 89.9 cm³/mol. The van der Waals surface area contributed by atoms with E-state index in [4.69, 9.17) is 4.42 Å². The third-order valence-electron chi connectivity index (χ3n) is 5.98. The van der Waals surface area contributed by atoms with Gasteiger partial charge < -0.3 is 14.6 Å².